The van der Waals surface area contributed by atoms with E-state index in [1.807, 2.05) is 28.8 Å². The molecule has 3 rings (SSSR count). The zero-order valence-corrected chi connectivity index (χ0v) is 12.8. The molecular formula is C16H16N4O3. The maximum atomic E-state index is 11.4. The summed E-state index contributed by atoms with van der Waals surface area (Å²) >= 11 is 0. The lowest BCUT2D eigenvalue weighted by Gasteiger charge is -2.03. The van der Waals surface area contributed by atoms with Crippen LogP contribution in [0.25, 0.3) is 16.8 Å². The molecule has 0 unspecified atom stereocenters. The van der Waals surface area contributed by atoms with Crippen LogP contribution in [0.4, 0.5) is 10.6 Å². The smallest absolute Gasteiger partial charge is 0.412 e. The van der Waals surface area contributed by atoms with E-state index < -0.39 is 6.09 Å². The third-order valence-corrected chi connectivity index (χ3v) is 3.24. The molecule has 3 aromatic heterocycles. The van der Waals surface area contributed by atoms with Crippen LogP contribution in [0.3, 0.4) is 0 Å². The summed E-state index contributed by atoms with van der Waals surface area (Å²) in [5.41, 5.74) is 2.64. The Balaban J connectivity index is 1.87. The zero-order chi connectivity index (χ0) is 16.2. The SMILES string of the molecule is CCOC(=O)Nc1cn2ccc(-c3ccc(OC)nc3)cc2n1. The Kier molecular flexibility index (Phi) is 4.09. The van der Waals surface area contributed by atoms with Crippen LogP contribution in [0.15, 0.2) is 42.9 Å². The average molecular weight is 312 g/mol. The van der Waals surface area contributed by atoms with Crippen LogP contribution >= 0.6 is 0 Å². The van der Waals surface area contributed by atoms with Crippen molar-refractivity contribution in [3.8, 4) is 17.0 Å². The molecule has 0 radical (unpaired) electrons. The van der Waals surface area contributed by atoms with Crippen LogP contribution < -0.4 is 10.1 Å². The van der Waals surface area contributed by atoms with Gasteiger partial charge >= 0.3 is 6.09 Å². The number of imidazole rings is 1. The summed E-state index contributed by atoms with van der Waals surface area (Å²) in [7, 11) is 1.58. The lowest BCUT2D eigenvalue weighted by atomic mass is 10.1. The van der Waals surface area contributed by atoms with Crippen molar-refractivity contribution in [2.24, 2.45) is 0 Å². The lowest BCUT2D eigenvalue weighted by Crippen LogP contribution is -2.13. The summed E-state index contributed by atoms with van der Waals surface area (Å²) in [6, 6.07) is 7.60. The number of hydrogen-bond acceptors (Lipinski definition) is 5. The summed E-state index contributed by atoms with van der Waals surface area (Å²) in [6.07, 6.45) is 4.82. The summed E-state index contributed by atoms with van der Waals surface area (Å²) in [4.78, 5) is 20.0. The minimum atomic E-state index is -0.518. The topological polar surface area (TPSA) is 77.8 Å². The number of amides is 1. The number of carbonyl (C=O) groups is 1. The highest BCUT2D eigenvalue weighted by Gasteiger charge is 2.08. The quantitative estimate of drug-likeness (QED) is 0.801. The predicted molar refractivity (Wildman–Crippen MR) is 85.6 cm³/mol. The van der Waals surface area contributed by atoms with Gasteiger partial charge in [0.25, 0.3) is 0 Å². The van der Waals surface area contributed by atoms with Crippen LogP contribution in [0.5, 0.6) is 5.88 Å². The summed E-state index contributed by atoms with van der Waals surface area (Å²) in [5, 5.41) is 2.58. The van der Waals surface area contributed by atoms with Crippen LogP contribution in [-0.2, 0) is 4.74 Å². The molecule has 7 nitrogen and oxygen atoms in total. The first-order chi connectivity index (χ1) is 11.2. The maximum Gasteiger partial charge on any atom is 0.412 e. The molecule has 1 amide bonds. The average Bonchev–Trinajstić information content (AvgIpc) is 2.96. The minimum Gasteiger partial charge on any atom is -0.481 e. The highest BCUT2D eigenvalue weighted by molar-refractivity contribution is 5.83. The van der Waals surface area contributed by atoms with Gasteiger partial charge in [-0.1, -0.05) is 0 Å². The maximum absolute atomic E-state index is 11.4. The van der Waals surface area contributed by atoms with E-state index >= 15 is 0 Å². The van der Waals surface area contributed by atoms with Gasteiger partial charge in [-0.2, -0.15) is 0 Å². The highest BCUT2D eigenvalue weighted by atomic mass is 16.5. The van der Waals surface area contributed by atoms with Gasteiger partial charge in [0.2, 0.25) is 5.88 Å². The largest absolute Gasteiger partial charge is 0.481 e. The van der Waals surface area contributed by atoms with Gasteiger partial charge in [0.05, 0.1) is 19.9 Å². The number of fused-ring (bicyclic) bond motifs is 1. The van der Waals surface area contributed by atoms with Gasteiger partial charge in [-0.15, -0.1) is 0 Å². The number of pyridine rings is 2. The van der Waals surface area contributed by atoms with E-state index in [9.17, 15) is 4.79 Å². The van der Waals surface area contributed by atoms with E-state index in [0.717, 1.165) is 11.1 Å². The van der Waals surface area contributed by atoms with E-state index in [0.29, 0.717) is 24.0 Å². The molecule has 0 aliphatic carbocycles. The normalized spacial score (nSPS) is 10.5. The van der Waals surface area contributed by atoms with Gasteiger partial charge < -0.3 is 13.9 Å². The van der Waals surface area contributed by atoms with E-state index in [2.05, 4.69) is 15.3 Å². The van der Waals surface area contributed by atoms with Gasteiger partial charge in [0.15, 0.2) is 5.82 Å². The van der Waals surface area contributed by atoms with Gasteiger partial charge in [0, 0.05) is 24.0 Å². The molecule has 3 heterocycles. The molecule has 0 spiro atoms. The lowest BCUT2D eigenvalue weighted by molar-refractivity contribution is 0.168. The molecule has 1 N–H and O–H groups in total. The van der Waals surface area contributed by atoms with Crippen LogP contribution in [0, 0.1) is 0 Å². The minimum absolute atomic E-state index is 0.313. The van der Waals surface area contributed by atoms with Crippen LogP contribution in [-0.4, -0.2) is 34.2 Å². The third-order valence-electron chi connectivity index (χ3n) is 3.24. The number of aromatic nitrogens is 3. The summed E-state index contributed by atoms with van der Waals surface area (Å²) in [6.45, 7) is 2.06. The molecular weight excluding hydrogens is 296 g/mol. The molecule has 118 valence electrons. The number of hydrogen-bond donors (Lipinski definition) is 1. The number of rotatable bonds is 4. The van der Waals surface area contributed by atoms with Crippen LogP contribution in [0.1, 0.15) is 6.92 Å². The van der Waals surface area contributed by atoms with Gasteiger partial charge in [-0.05, 0) is 30.7 Å². The second-order valence-corrected chi connectivity index (χ2v) is 4.74. The number of methoxy groups -OCH3 is 1. The molecule has 3 aromatic rings. The number of nitrogens with zero attached hydrogens (tertiary/aromatic N) is 3. The Morgan fingerprint density at radius 2 is 2.17 bits per heavy atom. The number of anilines is 1. The van der Waals surface area contributed by atoms with Crippen molar-refractivity contribution in [2.75, 3.05) is 19.0 Å². The molecule has 0 aromatic carbocycles. The van der Waals surface area contributed by atoms with Gasteiger partial charge in [0.1, 0.15) is 5.65 Å². The Morgan fingerprint density at radius 3 is 2.87 bits per heavy atom. The number of carbonyl (C=O) groups excluding carboxylic acids is 1. The van der Waals surface area contributed by atoms with Crippen molar-refractivity contribution in [1.29, 1.82) is 0 Å². The third kappa shape index (κ3) is 3.23. The van der Waals surface area contributed by atoms with Gasteiger partial charge in [-0.25, -0.2) is 14.8 Å². The molecule has 0 saturated heterocycles. The zero-order valence-electron chi connectivity index (χ0n) is 12.8. The van der Waals surface area contributed by atoms with Crippen LogP contribution in [0.2, 0.25) is 0 Å². The van der Waals surface area contributed by atoms with Crippen molar-refractivity contribution in [2.45, 2.75) is 6.92 Å². The second-order valence-electron chi connectivity index (χ2n) is 4.74. The highest BCUT2D eigenvalue weighted by Crippen LogP contribution is 2.22. The number of ether oxygens (including phenoxy) is 2. The molecule has 0 aliphatic heterocycles. The Bertz CT molecular complexity index is 827. The Labute approximate surface area is 132 Å². The fraction of sp³-hybridized carbons (Fsp3) is 0.188. The van der Waals surface area contributed by atoms with E-state index in [-0.39, 0.29) is 0 Å². The van der Waals surface area contributed by atoms with E-state index in [4.69, 9.17) is 9.47 Å². The van der Waals surface area contributed by atoms with E-state index in [1.54, 1.807) is 32.5 Å². The fourth-order valence-corrected chi connectivity index (χ4v) is 2.17. The molecule has 7 heteroatoms. The van der Waals surface area contributed by atoms with Crippen molar-refractivity contribution < 1.29 is 14.3 Å². The first-order valence-electron chi connectivity index (χ1n) is 7.12. The molecule has 0 bridgehead atoms. The first kappa shape index (κ1) is 14.8. The van der Waals surface area contributed by atoms with Gasteiger partial charge in [-0.3, -0.25) is 5.32 Å². The Hall–Kier alpha value is -3.09. The van der Waals surface area contributed by atoms with Crippen molar-refractivity contribution in [1.82, 2.24) is 14.4 Å². The molecule has 0 atom stereocenters. The number of nitrogens with one attached hydrogen (secondary N) is 1. The van der Waals surface area contributed by atoms with Crippen molar-refractivity contribution in [3.63, 3.8) is 0 Å². The first-order valence-corrected chi connectivity index (χ1v) is 7.12. The summed E-state index contributed by atoms with van der Waals surface area (Å²) < 4.78 is 11.7. The summed E-state index contributed by atoms with van der Waals surface area (Å²) in [5.74, 6) is 1.00. The molecule has 0 saturated carbocycles. The molecule has 0 fully saturated rings. The van der Waals surface area contributed by atoms with E-state index in [1.165, 1.54) is 0 Å². The standard InChI is InChI=1S/C16H16N4O3/c1-3-23-16(21)19-13-10-20-7-6-11(8-14(20)18-13)12-4-5-15(22-2)17-9-12/h4-10H,3H2,1-2H3,(H,19,21). The monoisotopic (exact) mass is 312 g/mol. The van der Waals surface area contributed by atoms with Crippen molar-refractivity contribution in [3.05, 3.63) is 42.9 Å². The fourth-order valence-electron chi connectivity index (χ4n) is 2.17. The molecule has 0 aliphatic rings. The Morgan fingerprint density at radius 1 is 1.30 bits per heavy atom. The second kappa shape index (κ2) is 6.35. The predicted octanol–water partition coefficient (Wildman–Crippen LogP) is 2.97. The van der Waals surface area contributed by atoms with Crippen molar-refractivity contribution >= 4 is 17.6 Å². The molecule has 23 heavy (non-hydrogen) atoms.